The molecule has 0 radical (unpaired) electrons. The molecule has 5 heteroatoms. The van der Waals surface area contributed by atoms with Crippen molar-refractivity contribution >= 4 is 11.9 Å². The minimum absolute atomic E-state index is 0.299. The first-order chi connectivity index (χ1) is 9.20. The Bertz CT molecular complexity index is 468. The summed E-state index contributed by atoms with van der Waals surface area (Å²) in [7, 11) is 3.42. The Labute approximate surface area is 113 Å². The standard InChI is InChI=1S/C14H19N3O2/c1-17-10-9-16-14(17)15-8-7-11-3-5-12(6-4-11)13(18)19-2/h3-6H,7-10H2,1-2H3,(H,15,16). The van der Waals surface area contributed by atoms with E-state index >= 15 is 0 Å². The summed E-state index contributed by atoms with van der Waals surface area (Å²) in [4.78, 5) is 17.8. The molecule has 1 heterocycles. The van der Waals surface area contributed by atoms with Gasteiger partial charge in [0.25, 0.3) is 0 Å². The van der Waals surface area contributed by atoms with E-state index in [4.69, 9.17) is 0 Å². The summed E-state index contributed by atoms with van der Waals surface area (Å²) >= 11 is 0. The second-order valence-electron chi connectivity index (χ2n) is 4.49. The van der Waals surface area contributed by atoms with Gasteiger partial charge in [-0.25, -0.2) is 4.79 Å². The number of aliphatic imine (C=N–C) groups is 1. The van der Waals surface area contributed by atoms with Crippen LogP contribution in [0.5, 0.6) is 0 Å². The summed E-state index contributed by atoms with van der Waals surface area (Å²) in [5.41, 5.74) is 1.76. The zero-order valence-corrected chi connectivity index (χ0v) is 11.3. The monoisotopic (exact) mass is 261 g/mol. The van der Waals surface area contributed by atoms with Crippen LogP contribution in [0.2, 0.25) is 0 Å². The minimum atomic E-state index is -0.299. The molecular formula is C14H19N3O2. The van der Waals surface area contributed by atoms with Crippen molar-refractivity contribution in [3.8, 4) is 0 Å². The lowest BCUT2D eigenvalue weighted by Crippen LogP contribution is -2.36. The predicted molar refractivity (Wildman–Crippen MR) is 74.4 cm³/mol. The van der Waals surface area contributed by atoms with Gasteiger partial charge >= 0.3 is 5.97 Å². The molecule has 0 unspecified atom stereocenters. The van der Waals surface area contributed by atoms with Crippen LogP contribution in [-0.2, 0) is 11.2 Å². The molecule has 0 fully saturated rings. The Morgan fingerprint density at radius 3 is 2.74 bits per heavy atom. The highest BCUT2D eigenvalue weighted by atomic mass is 16.5. The first-order valence-corrected chi connectivity index (χ1v) is 6.37. The van der Waals surface area contributed by atoms with Gasteiger partial charge in [-0.05, 0) is 24.1 Å². The molecule has 0 atom stereocenters. The lowest BCUT2D eigenvalue weighted by molar-refractivity contribution is 0.0600. The lowest BCUT2D eigenvalue weighted by Gasteiger charge is -2.15. The molecule has 1 aliphatic heterocycles. The lowest BCUT2D eigenvalue weighted by atomic mass is 10.1. The highest BCUT2D eigenvalue weighted by Crippen LogP contribution is 2.06. The maximum absolute atomic E-state index is 11.3. The first kappa shape index (κ1) is 13.4. The number of likely N-dealkylation sites (N-methyl/N-ethyl adjacent to an activating group) is 1. The van der Waals surface area contributed by atoms with Crippen molar-refractivity contribution in [1.82, 2.24) is 10.2 Å². The topological polar surface area (TPSA) is 53.9 Å². The van der Waals surface area contributed by atoms with E-state index in [0.717, 1.165) is 32.0 Å². The molecule has 0 aliphatic carbocycles. The van der Waals surface area contributed by atoms with Crippen LogP contribution in [-0.4, -0.2) is 50.6 Å². The van der Waals surface area contributed by atoms with Crippen LogP contribution < -0.4 is 5.32 Å². The first-order valence-electron chi connectivity index (χ1n) is 6.37. The van der Waals surface area contributed by atoms with Crippen LogP contribution in [0.15, 0.2) is 29.3 Å². The minimum Gasteiger partial charge on any atom is -0.465 e. The number of hydrogen-bond donors (Lipinski definition) is 1. The molecule has 1 N–H and O–H groups in total. The van der Waals surface area contributed by atoms with Crippen LogP contribution in [0, 0.1) is 0 Å². The molecule has 0 aromatic heterocycles. The van der Waals surface area contributed by atoms with E-state index in [1.54, 1.807) is 12.1 Å². The highest BCUT2D eigenvalue weighted by Gasteiger charge is 2.11. The number of carbonyl (C=O) groups excluding carboxylic acids is 1. The fourth-order valence-corrected chi connectivity index (χ4v) is 1.97. The van der Waals surface area contributed by atoms with Gasteiger partial charge in [-0.2, -0.15) is 0 Å². The third-order valence-electron chi connectivity index (χ3n) is 3.13. The third kappa shape index (κ3) is 3.47. The molecule has 1 aromatic rings. The molecule has 5 nitrogen and oxygen atoms in total. The number of rotatable bonds is 4. The molecule has 102 valence electrons. The molecule has 1 aliphatic rings. The van der Waals surface area contributed by atoms with Crippen molar-refractivity contribution in [2.45, 2.75) is 6.42 Å². The van der Waals surface area contributed by atoms with Gasteiger partial charge in [0.1, 0.15) is 0 Å². The SMILES string of the molecule is COC(=O)c1ccc(CCNC2=NCCN2C)cc1. The van der Waals surface area contributed by atoms with Gasteiger partial charge in [-0.1, -0.05) is 12.1 Å². The summed E-state index contributed by atoms with van der Waals surface area (Å²) in [5, 5.41) is 3.31. The Morgan fingerprint density at radius 2 is 2.16 bits per heavy atom. The molecule has 19 heavy (non-hydrogen) atoms. The second kappa shape index (κ2) is 6.22. The largest absolute Gasteiger partial charge is 0.465 e. The summed E-state index contributed by atoms with van der Waals surface area (Å²) in [6, 6.07) is 7.49. The number of hydrogen-bond acceptors (Lipinski definition) is 5. The fraction of sp³-hybridized carbons (Fsp3) is 0.429. The average molecular weight is 261 g/mol. The predicted octanol–water partition coefficient (Wildman–Crippen LogP) is 0.907. The van der Waals surface area contributed by atoms with Crippen LogP contribution in [0.25, 0.3) is 0 Å². The Kier molecular flexibility index (Phi) is 4.39. The number of nitrogens with zero attached hydrogens (tertiary/aromatic N) is 2. The number of nitrogens with one attached hydrogen (secondary N) is 1. The number of methoxy groups -OCH3 is 1. The Hall–Kier alpha value is -2.04. The van der Waals surface area contributed by atoms with E-state index in [1.165, 1.54) is 12.7 Å². The van der Waals surface area contributed by atoms with Crippen molar-refractivity contribution < 1.29 is 9.53 Å². The van der Waals surface area contributed by atoms with E-state index in [-0.39, 0.29) is 5.97 Å². The van der Waals surface area contributed by atoms with E-state index in [0.29, 0.717) is 5.56 Å². The van der Waals surface area contributed by atoms with Gasteiger partial charge in [0.2, 0.25) is 0 Å². The van der Waals surface area contributed by atoms with Crippen LogP contribution in [0.1, 0.15) is 15.9 Å². The zero-order valence-electron chi connectivity index (χ0n) is 11.3. The van der Waals surface area contributed by atoms with Gasteiger partial charge in [-0.3, -0.25) is 4.99 Å². The Balaban J connectivity index is 1.81. The smallest absolute Gasteiger partial charge is 0.337 e. The summed E-state index contributed by atoms with van der Waals surface area (Å²) in [5.74, 6) is 0.665. The fourth-order valence-electron chi connectivity index (χ4n) is 1.97. The number of esters is 1. The van der Waals surface area contributed by atoms with E-state index in [2.05, 4.69) is 19.9 Å². The average Bonchev–Trinajstić information content (AvgIpc) is 2.84. The molecule has 0 saturated heterocycles. The van der Waals surface area contributed by atoms with Crippen molar-refractivity contribution in [2.75, 3.05) is 33.8 Å². The summed E-state index contributed by atoms with van der Waals surface area (Å²) < 4.78 is 4.66. The second-order valence-corrected chi connectivity index (χ2v) is 4.49. The number of benzene rings is 1. The molecule has 0 amide bonds. The van der Waals surface area contributed by atoms with Crippen LogP contribution in [0.3, 0.4) is 0 Å². The Morgan fingerprint density at radius 1 is 1.42 bits per heavy atom. The number of ether oxygens (including phenoxy) is 1. The molecular weight excluding hydrogens is 242 g/mol. The van der Waals surface area contributed by atoms with Gasteiger partial charge in [0, 0.05) is 20.1 Å². The maximum atomic E-state index is 11.3. The summed E-state index contributed by atoms with van der Waals surface area (Å²) in [6.07, 6.45) is 0.897. The molecule has 0 spiro atoms. The van der Waals surface area contributed by atoms with E-state index in [9.17, 15) is 4.79 Å². The van der Waals surface area contributed by atoms with Crippen molar-refractivity contribution in [1.29, 1.82) is 0 Å². The quantitative estimate of drug-likeness (QED) is 0.818. The number of guanidine groups is 1. The molecule has 1 aromatic carbocycles. The van der Waals surface area contributed by atoms with E-state index < -0.39 is 0 Å². The van der Waals surface area contributed by atoms with Crippen LogP contribution in [0.4, 0.5) is 0 Å². The zero-order chi connectivity index (χ0) is 13.7. The van der Waals surface area contributed by atoms with Gasteiger partial charge in [-0.15, -0.1) is 0 Å². The molecule has 0 bridgehead atoms. The van der Waals surface area contributed by atoms with Crippen molar-refractivity contribution in [2.24, 2.45) is 4.99 Å². The maximum Gasteiger partial charge on any atom is 0.337 e. The van der Waals surface area contributed by atoms with Crippen molar-refractivity contribution in [3.05, 3.63) is 35.4 Å². The van der Waals surface area contributed by atoms with Crippen molar-refractivity contribution in [3.63, 3.8) is 0 Å². The van der Waals surface area contributed by atoms with Gasteiger partial charge < -0.3 is 15.0 Å². The van der Waals surface area contributed by atoms with Gasteiger partial charge in [0.05, 0.1) is 19.2 Å². The molecule has 0 saturated carbocycles. The molecule has 2 rings (SSSR count). The van der Waals surface area contributed by atoms with Gasteiger partial charge in [0.15, 0.2) is 5.96 Å². The highest BCUT2D eigenvalue weighted by molar-refractivity contribution is 5.89. The summed E-state index contributed by atoms with van der Waals surface area (Å²) in [6.45, 7) is 2.68. The third-order valence-corrected chi connectivity index (χ3v) is 3.13. The normalized spacial score (nSPS) is 14.2. The number of carbonyl (C=O) groups is 1. The van der Waals surface area contributed by atoms with Crippen LogP contribution >= 0.6 is 0 Å². The van der Waals surface area contributed by atoms with E-state index in [1.807, 2.05) is 19.2 Å².